The van der Waals surface area contributed by atoms with Crippen molar-refractivity contribution in [3.63, 3.8) is 0 Å². The molecule has 1 heterocycles. The molecule has 1 saturated heterocycles. The van der Waals surface area contributed by atoms with Crippen LogP contribution in [0.5, 0.6) is 0 Å². The van der Waals surface area contributed by atoms with Crippen LogP contribution in [0, 0.1) is 5.92 Å². The number of amides is 2. The van der Waals surface area contributed by atoms with E-state index in [4.69, 9.17) is 9.47 Å². The number of carbonyl (C=O) groups is 4. The van der Waals surface area contributed by atoms with Crippen LogP contribution in [0.3, 0.4) is 0 Å². The minimum absolute atomic E-state index is 0.0336. The van der Waals surface area contributed by atoms with Gasteiger partial charge >= 0.3 is 11.9 Å². The number of anilines is 2. The van der Waals surface area contributed by atoms with Crippen molar-refractivity contribution in [1.29, 1.82) is 0 Å². The second kappa shape index (κ2) is 10.2. The molecule has 0 unspecified atom stereocenters. The number of halogens is 1. The Balaban J connectivity index is 1.48. The number of nitrogens with zero attached hydrogens (tertiary/aromatic N) is 1. The van der Waals surface area contributed by atoms with Crippen LogP contribution in [0.4, 0.5) is 11.4 Å². The van der Waals surface area contributed by atoms with Gasteiger partial charge in [-0.2, -0.15) is 0 Å². The third-order valence-electron chi connectivity index (χ3n) is 4.62. The lowest BCUT2D eigenvalue weighted by atomic mass is 10.1. The van der Waals surface area contributed by atoms with Crippen molar-refractivity contribution in [2.45, 2.75) is 13.3 Å². The lowest BCUT2D eigenvalue weighted by Gasteiger charge is -2.16. The zero-order valence-electron chi connectivity index (χ0n) is 16.8. The molecule has 8 nitrogen and oxygen atoms in total. The van der Waals surface area contributed by atoms with Gasteiger partial charge in [-0.1, -0.05) is 15.9 Å². The third kappa shape index (κ3) is 5.91. The van der Waals surface area contributed by atoms with Crippen LogP contribution in [0.25, 0.3) is 0 Å². The first-order valence-corrected chi connectivity index (χ1v) is 10.5. The largest absolute Gasteiger partial charge is 0.462 e. The van der Waals surface area contributed by atoms with Crippen LogP contribution < -0.4 is 10.2 Å². The zero-order valence-corrected chi connectivity index (χ0v) is 18.4. The molecular formula is C22H21BrN2O6. The second-order valence-corrected chi connectivity index (χ2v) is 7.75. The van der Waals surface area contributed by atoms with E-state index in [0.29, 0.717) is 16.9 Å². The highest BCUT2D eigenvalue weighted by molar-refractivity contribution is 9.10. The second-order valence-electron chi connectivity index (χ2n) is 6.84. The smallest absolute Gasteiger partial charge is 0.338 e. The van der Waals surface area contributed by atoms with Crippen molar-refractivity contribution in [2.75, 3.05) is 30.0 Å². The van der Waals surface area contributed by atoms with Crippen molar-refractivity contribution in [1.82, 2.24) is 0 Å². The summed E-state index contributed by atoms with van der Waals surface area (Å²) in [6.07, 6.45) is 0.0336. The van der Waals surface area contributed by atoms with Gasteiger partial charge in [0.25, 0.3) is 5.91 Å². The predicted molar refractivity (Wildman–Crippen MR) is 117 cm³/mol. The van der Waals surface area contributed by atoms with Crippen LogP contribution in [0.1, 0.15) is 23.7 Å². The highest BCUT2D eigenvalue weighted by atomic mass is 79.9. The van der Waals surface area contributed by atoms with E-state index in [0.717, 1.165) is 4.47 Å². The maximum atomic E-state index is 12.3. The quantitative estimate of drug-likeness (QED) is 0.600. The monoisotopic (exact) mass is 488 g/mol. The van der Waals surface area contributed by atoms with Crippen molar-refractivity contribution in [3.05, 3.63) is 58.6 Å². The fourth-order valence-corrected chi connectivity index (χ4v) is 3.36. The molecule has 0 spiro atoms. The fraction of sp³-hybridized carbons (Fsp3) is 0.273. The number of rotatable bonds is 7. The summed E-state index contributed by atoms with van der Waals surface area (Å²) in [6.45, 7) is 1.72. The number of ether oxygens (including phenoxy) is 2. The molecule has 2 aromatic rings. The summed E-state index contributed by atoms with van der Waals surface area (Å²) in [5.74, 6) is -2.37. The number of hydrogen-bond donors (Lipinski definition) is 1. The Labute approximate surface area is 187 Å². The number of esters is 2. The highest BCUT2D eigenvalue weighted by Crippen LogP contribution is 2.27. The van der Waals surface area contributed by atoms with E-state index in [1.54, 1.807) is 31.2 Å². The van der Waals surface area contributed by atoms with Crippen LogP contribution in [0.2, 0.25) is 0 Å². The average molecular weight is 489 g/mol. The Morgan fingerprint density at radius 2 is 1.74 bits per heavy atom. The van der Waals surface area contributed by atoms with Gasteiger partial charge in [-0.3, -0.25) is 14.4 Å². The van der Waals surface area contributed by atoms with Crippen molar-refractivity contribution in [3.8, 4) is 0 Å². The van der Waals surface area contributed by atoms with E-state index in [1.165, 1.54) is 17.0 Å². The molecule has 2 amide bonds. The molecule has 2 aromatic carbocycles. The summed E-state index contributed by atoms with van der Waals surface area (Å²) in [7, 11) is 0. The molecule has 31 heavy (non-hydrogen) atoms. The van der Waals surface area contributed by atoms with Gasteiger partial charge in [0.05, 0.1) is 18.1 Å². The first kappa shape index (κ1) is 22.5. The first-order valence-electron chi connectivity index (χ1n) is 9.67. The Morgan fingerprint density at radius 3 is 2.39 bits per heavy atom. The van der Waals surface area contributed by atoms with Crippen LogP contribution in [-0.2, 0) is 23.9 Å². The summed E-state index contributed by atoms with van der Waals surface area (Å²) in [5.41, 5.74) is 1.52. The fourth-order valence-electron chi connectivity index (χ4n) is 3.09. The molecule has 0 aliphatic carbocycles. The van der Waals surface area contributed by atoms with Crippen molar-refractivity contribution >= 4 is 51.1 Å². The van der Waals surface area contributed by atoms with Gasteiger partial charge in [-0.25, -0.2) is 4.79 Å². The summed E-state index contributed by atoms with van der Waals surface area (Å²) in [5, 5.41) is 2.58. The molecule has 1 aliphatic heterocycles. The van der Waals surface area contributed by atoms with Gasteiger partial charge < -0.3 is 19.7 Å². The summed E-state index contributed by atoms with van der Waals surface area (Å²) < 4.78 is 10.9. The van der Waals surface area contributed by atoms with Gasteiger partial charge in [-0.05, 0) is 55.5 Å². The standard InChI is InChI=1S/C22H21BrN2O6/c1-2-30-21(28)14-3-7-17(8-4-14)24-19(26)13-31-22(29)15-11-20(27)25(12-15)18-9-5-16(23)6-10-18/h3-10,15H,2,11-13H2,1H3,(H,24,26)/t15-/m1/s1. The lowest BCUT2D eigenvalue weighted by Crippen LogP contribution is -2.28. The summed E-state index contributed by atoms with van der Waals surface area (Å²) in [4.78, 5) is 49.8. The summed E-state index contributed by atoms with van der Waals surface area (Å²) in [6, 6.07) is 13.4. The third-order valence-corrected chi connectivity index (χ3v) is 5.15. The first-order chi connectivity index (χ1) is 14.9. The van der Waals surface area contributed by atoms with Crippen LogP contribution >= 0.6 is 15.9 Å². The minimum Gasteiger partial charge on any atom is -0.462 e. The topological polar surface area (TPSA) is 102 Å². The van der Waals surface area contributed by atoms with Crippen LogP contribution in [0.15, 0.2) is 53.0 Å². The molecule has 1 atom stereocenters. The maximum absolute atomic E-state index is 12.3. The van der Waals surface area contributed by atoms with Gasteiger partial charge in [0, 0.05) is 28.8 Å². The van der Waals surface area contributed by atoms with Gasteiger partial charge in [0.15, 0.2) is 6.61 Å². The Kier molecular flexibility index (Phi) is 7.41. The Hall–Kier alpha value is -3.20. The molecule has 0 bridgehead atoms. The summed E-state index contributed by atoms with van der Waals surface area (Å²) >= 11 is 3.34. The molecule has 0 aromatic heterocycles. The molecule has 9 heteroatoms. The van der Waals surface area contributed by atoms with Crippen molar-refractivity contribution < 1.29 is 28.7 Å². The van der Waals surface area contributed by atoms with E-state index in [1.807, 2.05) is 12.1 Å². The molecule has 3 rings (SSSR count). The van der Waals surface area contributed by atoms with E-state index in [2.05, 4.69) is 21.2 Å². The molecule has 1 N–H and O–H groups in total. The molecule has 0 radical (unpaired) electrons. The number of hydrogen-bond acceptors (Lipinski definition) is 6. The Morgan fingerprint density at radius 1 is 1.06 bits per heavy atom. The Bertz CT molecular complexity index is 975. The van der Waals surface area contributed by atoms with E-state index < -0.39 is 30.4 Å². The average Bonchev–Trinajstić information content (AvgIpc) is 3.15. The molecule has 1 aliphatic rings. The SMILES string of the molecule is CCOC(=O)c1ccc(NC(=O)COC(=O)[C@@H]2CC(=O)N(c3ccc(Br)cc3)C2)cc1. The zero-order chi connectivity index (χ0) is 22.4. The number of benzene rings is 2. The van der Waals surface area contributed by atoms with Gasteiger partial charge in [0.2, 0.25) is 5.91 Å². The number of nitrogens with one attached hydrogen (secondary N) is 1. The van der Waals surface area contributed by atoms with Crippen LogP contribution in [-0.4, -0.2) is 43.5 Å². The highest BCUT2D eigenvalue weighted by Gasteiger charge is 2.36. The van der Waals surface area contributed by atoms with E-state index in [9.17, 15) is 19.2 Å². The normalized spacial score (nSPS) is 15.5. The maximum Gasteiger partial charge on any atom is 0.338 e. The molecular weight excluding hydrogens is 468 g/mol. The van der Waals surface area contributed by atoms with Gasteiger partial charge in [0.1, 0.15) is 0 Å². The van der Waals surface area contributed by atoms with Gasteiger partial charge in [-0.15, -0.1) is 0 Å². The molecule has 0 saturated carbocycles. The predicted octanol–water partition coefficient (Wildman–Crippen LogP) is 3.16. The molecule has 162 valence electrons. The minimum atomic E-state index is -0.632. The lowest BCUT2D eigenvalue weighted by molar-refractivity contribution is -0.151. The van der Waals surface area contributed by atoms with Crippen molar-refractivity contribution in [2.24, 2.45) is 5.92 Å². The van der Waals surface area contributed by atoms with E-state index >= 15 is 0 Å². The molecule has 1 fully saturated rings. The van der Waals surface area contributed by atoms with E-state index in [-0.39, 0.29) is 25.5 Å². The number of carbonyl (C=O) groups excluding carboxylic acids is 4.